The van der Waals surface area contributed by atoms with Crippen molar-refractivity contribution in [3.63, 3.8) is 0 Å². The molecule has 1 atom stereocenters. The Morgan fingerprint density at radius 2 is 1.81 bits per heavy atom. The molecule has 0 radical (unpaired) electrons. The summed E-state index contributed by atoms with van der Waals surface area (Å²) >= 11 is 3.36. The molecule has 7 nitrogen and oxygen atoms in total. The van der Waals surface area contributed by atoms with Crippen LogP contribution in [0.5, 0.6) is 17.2 Å². The van der Waals surface area contributed by atoms with Crippen LogP contribution < -0.4 is 9.47 Å². The molecule has 1 unspecified atom stereocenters. The molecule has 0 saturated heterocycles. The van der Waals surface area contributed by atoms with E-state index in [-0.39, 0.29) is 39.5 Å². The lowest BCUT2D eigenvalue weighted by atomic mass is 9.75. The van der Waals surface area contributed by atoms with Crippen LogP contribution in [0.3, 0.4) is 0 Å². The van der Waals surface area contributed by atoms with Crippen molar-refractivity contribution < 1.29 is 33.7 Å². The third-order valence-corrected chi connectivity index (χ3v) is 6.49. The van der Waals surface area contributed by atoms with Gasteiger partial charge in [-0.1, -0.05) is 0 Å². The number of carbonyl (C=O) groups is 3. The summed E-state index contributed by atoms with van der Waals surface area (Å²) in [6.45, 7) is 3.17. The third kappa shape index (κ3) is 3.20. The van der Waals surface area contributed by atoms with E-state index < -0.39 is 23.1 Å². The Kier molecular flexibility index (Phi) is 5.08. The molecular formula is C23H21BrO7. The van der Waals surface area contributed by atoms with Gasteiger partial charge in [-0.2, -0.15) is 0 Å². The number of ketones is 2. The molecule has 0 saturated carbocycles. The number of fused-ring (bicyclic) bond motifs is 3. The number of hydrogen-bond acceptors (Lipinski definition) is 7. The van der Waals surface area contributed by atoms with Crippen molar-refractivity contribution in [2.45, 2.75) is 38.7 Å². The SMILES string of the molecule is COc1cc(Br)c(OC)c2c1C(=O)c1c(cc3c(c1O)CCC(C)(OC(C)=O)C3)C2=O. The lowest BCUT2D eigenvalue weighted by molar-refractivity contribution is -0.156. The van der Waals surface area contributed by atoms with Crippen LogP contribution in [0.4, 0.5) is 0 Å². The van der Waals surface area contributed by atoms with Crippen LogP contribution in [-0.2, 0) is 22.4 Å². The molecule has 0 spiro atoms. The molecule has 0 aromatic heterocycles. The van der Waals surface area contributed by atoms with Gasteiger partial charge in [0.25, 0.3) is 0 Å². The largest absolute Gasteiger partial charge is 0.507 e. The number of aromatic hydroxyl groups is 1. The Morgan fingerprint density at radius 3 is 2.42 bits per heavy atom. The van der Waals surface area contributed by atoms with Crippen LogP contribution in [0.25, 0.3) is 0 Å². The van der Waals surface area contributed by atoms with Gasteiger partial charge in [0, 0.05) is 18.9 Å². The van der Waals surface area contributed by atoms with Crippen LogP contribution in [0, 0.1) is 0 Å². The van der Waals surface area contributed by atoms with Crippen LogP contribution in [0.2, 0.25) is 0 Å². The number of phenolic OH excluding ortho intramolecular Hbond substituents is 1. The van der Waals surface area contributed by atoms with Crippen LogP contribution in [-0.4, -0.2) is 42.5 Å². The maximum absolute atomic E-state index is 13.5. The highest BCUT2D eigenvalue weighted by molar-refractivity contribution is 9.10. The van der Waals surface area contributed by atoms with Crippen molar-refractivity contribution >= 4 is 33.5 Å². The van der Waals surface area contributed by atoms with Crippen LogP contribution in [0.1, 0.15) is 63.2 Å². The molecule has 31 heavy (non-hydrogen) atoms. The highest BCUT2D eigenvalue weighted by Gasteiger charge is 2.42. The first-order chi connectivity index (χ1) is 14.6. The molecule has 2 aromatic carbocycles. The molecule has 2 aliphatic rings. The second-order valence-electron chi connectivity index (χ2n) is 8.01. The number of ether oxygens (including phenoxy) is 3. The minimum Gasteiger partial charge on any atom is -0.507 e. The molecule has 2 aliphatic carbocycles. The van der Waals surface area contributed by atoms with Crippen LogP contribution >= 0.6 is 15.9 Å². The molecule has 0 heterocycles. The number of rotatable bonds is 3. The zero-order valence-corrected chi connectivity index (χ0v) is 19.1. The zero-order valence-electron chi connectivity index (χ0n) is 17.6. The van der Waals surface area contributed by atoms with E-state index >= 15 is 0 Å². The van der Waals surface area contributed by atoms with Crippen molar-refractivity contribution in [2.75, 3.05) is 14.2 Å². The minimum atomic E-state index is -0.747. The van der Waals surface area contributed by atoms with Gasteiger partial charge in [-0.25, -0.2) is 0 Å². The van der Waals surface area contributed by atoms with E-state index in [4.69, 9.17) is 14.2 Å². The van der Waals surface area contributed by atoms with Gasteiger partial charge in [-0.15, -0.1) is 0 Å². The lowest BCUT2D eigenvalue weighted by Gasteiger charge is -2.35. The first-order valence-electron chi connectivity index (χ1n) is 9.73. The third-order valence-electron chi connectivity index (χ3n) is 5.90. The van der Waals surface area contributed by atoms with Gasteiger partial charge in [0.2, 0.25) is 5.78 Å². The smallest absolute Gasteiger partial charge is 0.303 e. The fraction of sp³-hybridized carbons (Fsp3) is 0.348. The second kappa shape index (κ2) is 7.37. The molecule has 0 aliphatic heterocycles. The fourth-order valence-corrected chi connectivity index (χ4v) is 5.16. The predicted molar refractivity (Wildman–Crippen MR) is 114 cm³/mol. The van der Waals surface area contributed by atoms with E-state index in [9.17, 15) is 19.5 Å². The summed E-state index contributed by atoms with van der Waals surface area (Å²) in [6.07, 6.45) is 1.23. The molecule has 1 N–H and O–H groups in total. The van der Waals surface area contributed by atoms with Gasteiger partial charge < -0.3 is 19.3 Å². The zero-order chi connectivity index (χ0) is 22.7. The van der Waals surface area contributed by atoms with Gasteiger partial charge in [0.15, 0.2) is 5.78 Å². The van der Waals surface area contributed by atoms with Gasteiger partial charge in [-0.05, 0) is 59.0 Å². The maximum atomic E-state index is 13.5. The number of phenols is 1. The van der Waals surface area contributed by atoms with E-state index in [1.54, 1.807) is 12.1 Å². The van der Waals surface area contributed by atoms with E-state index in [0.29, 0.717) is 34.9 Å². The number of hydrogen-bond donors (Lipinski definition) is 1. The number of methoxy groups -OCH3 is 2. The molecule has 0 fully saturated rings. The van der Waals surface area contributed by atoms with Crippen molar-refractivity contribution in [1.29, 1.82) is 0 Å². The Hall–Kier alpha value is -2.87. The first kappa shape index (κ1) is 21.4. The standard InChI is InChI=1S/C23H21BrO7/c1-10(25)31-23(2)6-5-12-11(9-23)7-13-16(19(12)26)21(28)17-15(29-3)8-14(24)22(30-4)18(17)20(13)27/h7-8,26H,5-6,9H2,1-4H3. The summed E-state index contributed by atoms with van der Waals surface area (Å²) in [5.74, 6) is -1.10. The summed E-state index contributed by atoms with van der Waals surface area (Å²) in [6, 6.07) is 3.19. The maximum Gasteiger partial charge on any atom is 0.303 e. The van der Waals surface area contributed by atoms with Gasteiger partial charge in [0.1, 0.15) is 22.8 Å². The second-order valence-corrected chi connectivity index (χ2v) is 8.86. The lowest BCUT2D eigenvalue weighted by Crippen LogP contribution is -2.37. The van der Waals surface area contributed by atoms with Crippen molar-refractivity contribution in [3.8, 4) is 17.2 Å². The Bertz CT molecular complexity index is 1170. The molecule has 2 aromatic rings. The van der Waals surface area contributed by atoms with Crippen molar-refractivity contribution in [1.82, 2.24) is 0 Å². The summed E-state index contributed by atoms with van der Waals surface area (Å²) < 4.78 is 16.7. The highest BCUT2D eigenvalue weighted by atomic mass is 79.9. The van der Waals surface area contributed by atoms with Crippen molar-refractivity contribution in [2.24, 2.45) is 0 Å². The Morgan fingerprint density at radius 1 is 1.10 bits per heavy atom. The molecule has 162 valence electrons. The number of halogens is 1. The average molecular weight is 489 g/mol. The fourth-order valence-electron chi connectivity index (χ4n) is 4.60. The van der Waals surface area contributed by atoms with Crippen molar-refractivity contribution in [3.05, 3.63) is 50.0 Å². The first-order valence-corrected chi connectivity index (χ1v) is 10.5. The molecule has 4 rings (SSSR count). The van der Waals surface area contributed by atoms with E-state index in [2.05, 4.69) is 15.9 Å². The topological polar surface area (TPSA) is 99.1 Å². The minimum absolute atomic E-state index is 0.0324. The van der Waals surface area contributed by atoms with Crippen LogP contribution in [0.15, 0.2) is 16.6 Å². The molecular weight excluding hydrogens is 468 g/mol. The normalized spacial score (nSPS) is 19.3. The highest BCUT2D eigenvalue weighted by Crippen LogP contribution is 2.47. The number of esters is 1. The quantitative estimate of drug-likeness (QED) is 0.560. The predicted octanol–water partition coefficient (Wildman–Crippen LogP) is 3.76. The van der Waals surface area contributed by atoms with E-state index in [1.165, 1.54) is 21.1 Å². The van der Waals surface area contributed by atoms with Gasteiger partial charge >= 0.3 is 5.97 Å². The average Bonchev–Trinajstić information content (AvgIpc) is 2.69. The monoisotopic (exact) mass is 488 g/mol. The molecule has 0 amide bonds. The summed E-state index contributed by atoms with van der Waals surface area (Å²) in [5, 5.41) is 11.0. The Labute approximate surface area is 187 Å². The van der Waals surface area contributed by atoms with E-state index in [1.807, 2.05) is 6.92 Å². The Balaban J connectivity index is 1.94. The van der Waals surface area contributed by atoms with E-state index in [0.717, 1.165) is 0 Å². The molecule has 8 heteroatoms. The number of benzene rings is 2. The summed E-state index contributed by atoms with van der Waals surface area (Å²) in [7, 11) is 2.82. The summed E-state index contributed by atoms with van der Waals surface area (Å²) in [5.41, 5.74) is 0.741. The summed E-state index contributed by atoms with van der Waals surface area (Å²) in [4.78, 5) is 38.5. The molecule has 0 bridgehead atoms. The number of carbonyl (C=O) groups excluding carboxylic acids is 3. The van der Waals surface area contributed by atoms with Gasteiger partial charge in [-0.3, -0.25) is 14.4 Å². The van der Waals surface area contributed by atoms with Gasteiger partial charge in [0.05, 0.1) is 35.4 Å².